The molecule has 2 fully saturated rings. The quantitative estimate of drug-likeness (QED) is 0.889. The Hall–Kier alpha value is -1.86. The summed E-state index contributed by atoms with van der Waals surface area (Å²) in [5.41, 5.74) is 0.450. The van der Waals surface area contributed by atoms with E-state index in [1.165, 1.54) is 15.5 Å². The van der Waals surface area contributed by atoms with Crippen LogP contribution in [0.25, 0.3) is 5.65 Å². The number of aliphatic carboxylic acids is 1. The highest BCUT2D eigenvalue weighted by atomic mass is 35.5. The van der Waals surface area contributed by atoms with Crippen LogP contribution in [-0.4, -0.2) is 48.8 Å². The van der Waals surface area contributed by atoms with E-state index in [4.69, 9.17) is 0 Å². The number of fused-ring (bicyclic) bond motifs is 2. The Morgan fingerprint density at radius 2 is 2.04 bits per heavy atom. The predicted octanol–water partition coefficient (Wildman–Crippen LogP) is 1.64. The molecule has 8 heteroatoms. The molecular formula is C17H23ClN4O3. The molecule has 1 aliphatic heterocycles. The van der Waals surface area contributed by atoms with Gasteiger partial charge in [-0.2, -0.15) is 0 Å². The minimum Gasteiger partial charge on any atom is -0.480 e. The number of pyridine rings is 1. The highest BCUT2D eigenvalue weighted by Gasteiger charge is 2.44. The van der Waals surface area contributed by atoms with Crippen LogP contribution in [0.4, 0.5) is 0 Å². The van der Waals surface area contributed by atoms with Gasteiger partial charge in [0.15, 0.2) is 5.65 Å². The van der Waals surface area contributed by atoms with Crippen molar-refractivity contribution in [3.8, 4) is 0 Å². The molecule has 3 heterocycles. The van der Waals surface area contributed by atoms with E-state index < -0.39 is 12.0 Å². The first-order chi connectivity index (χ1) is 11.6. The van der Waals surface area contributed by atoms with E-state index in [1.807, 2.05) is 6.07 Å². The third-order valence-electron chi connectivity index (χ3n) is 5.56. The number of carboxylic acids is 1. The first-order valence-electron chi connectivity index (χ1n) is 8.68. The molecule has 2 aliphatic rings. The number of nitrogens with zero attached hydrogens (tertiary/aromatic N) is 4. The van der Waals surface area contributed by atoms with Crippen LogP contribution in [0.2, 0.25) is 0 Å². The Morgan fingerprint density at radius 3 is 2.80 bits per heavy atom. The van der Waals surface area contributed by atoms with Gasteiger partial charge in [-0.05, 0) is 37.3 Å². The van der Waals surface area contributed by atoms with Gasteiger partial charge in [0, 0.05) is 18.8 Å². The molecular weight excluding hydrogens is 344 g/mol. The fourth-order valence-corrected chi connectivity index (χ4v) is 4.44. The van der Waals surface area contributed by atoms with E-state index in [0.29, 0.717) is 30.7 Å². The van der Waals surface area contributed by atoms with Crippen molar-refractivity contribution in [1.29, 1.82) is 0 Å². The molecule has 2 aromatic rings. The highest BCUT2D eigenvalue weighted by Crippen LogP contribution is 2.39. The number of carbonyl (C=O) groups is 1. The standard InChI is InChI=1S/C17H22N4O3.ClH/c22-16(23)14-11-12-5-1-2-6-13(12)19(14)9-10-21-17(24)20-8-4-3-7-15(20)18-21;/h3-4,7-8,12-14H,1-2,5-6,9-11H2,(H,22,23);1H. The van der Waals surface area contributed by atoms with Gasteiger partial charge in [0.2, 0.25) is 0 Å². The van der Waals surface area contributed by atoms with E-state index in [-0.39, 0.29) is 18.1 Å². The van der Waals surface area contributed by atoms with E-state index in [9.17, 15) is 14.7 Å². The zero-order chi connectivity index (χ0) is 16.7. The smallest absolute Gasteiger partial charge is 0.350 e. The SMILES string of the molecule is Cl.O=C(O)C1CC2CCCCC2N1CCn1nc2ccccn2c1=O. The van der Waals surface area contributed by atoms with Gasteiger partial charge in [0.05, 0.1) is 6.54 Å². The van der Waals surface area contributed by atoms with Crippen LogP contribution in [0.15, 0.2) is 29.2 Å². The van der Waals surface area contributed by atoms with Gasteiger partial charge in [-0.3, -0.25) is 14.1 Å². The molecule has 3 atom stereocenters. The van der Waals surface area contributed by atoms with Gasteiger partial charge in [-0.15, -0.1) is 17.5 Å². The Morgan fingerprint density at radius 1 is 1.24 bits per heavy atom. The third kappa shape index (κ3) is 3.18. The second-order valence-electron chi connectivity index (χ2n) is 6.87. The second-order valence-corrected chi connectivity index (χ2v) is 6.87. The first kappa shape index (κ1) is 17.9. The molecule has 136 valence electrons. The van der Waals surface area contributed by atoms with E-state index in [1.54, 1.807) is 18.3 Å². The summed E-state index contributed by atoms with van der Waals surface area (Å²) in [6.07, 6.45) is 6.99. The van der Waals surface area contributed by atoms with E-state index >= 15 is 0 Å². The molecule has 2 aromatic heterocycles. The topological polar surface area (TPSA) is 79.8 Å². The molecule has 0 bridgehead atoms. The van der Waals surface area contributed by atoms with Crippen molar-refractivity contribution in [2.75, 3.05) is 6.54 Å². The Labute approximate surface area is 151 Å². The minimum atomic E-state index is -0.744. The number of hydrogen-bond acceptors (Lipinski definition) is 4. The lowest BCUT2D eigenvalue weighted by Gasteiger charge is -2.32. The van der Waals surface area contributed by atoms with Crippen LogP contribution in [-0.2, 0) is 11.3 Å². The van der Waals surface area contributed by atoms with Crippen LogP contribution in [0.1, 0.15) is 32.1 Å². The molecule has 4 rings (SSSR count). The molecule has 1 N–H and O–H groups in total. The lowest BCUT2D eigenvalue weighted by Crippen LogP contribution is -2.44. The zero-order valence-electron chi connectivity index (χ0n) is 14.0. The average Bonchev–Trinajstić information content (AvgIpc) is 3.12. The number of hydrogen-bond donors (Lipinski definition) is 1. The summed E-state index contributed by atoms with van der Waals surface area (Å²) in [6.45, 7) is 0.982. The van der Waals surface area contributed by atoms with Crippen LogP contribution in [0, 0.1) is 5.92 Å². The van der Waals surface area contributed by atoms with Gasteiger partial charge in [0.25, 0.3) is 0 Å². The van der Waals surface area contributed by atoms with Gasteiger partial charge < -0.3 is 5.11 Å². The van der Waals surface area contributed by atoms with Gasteiger partial charge >= 0.3 is 11.7 Å². The molecule has 7 nitrogen and oxygen atoms in total. The number of rotatable bonds is 4. The fraction of sp³-hybridized carbons (Fsp3) is 0.588. The van der Waals surface area contributed by atoms with Crippen molar-refractivity contribution in [3.05, 3.63) is 34.9 Å². The van der Waals surface area contributed by atoms with Crippen LogP contribution < -0.4 is 5.69 Å². The van der Waals surface area contributed by atoms with Crippen molar-refractivity contribution >= 4 is 24.0 Å². The van der Waals surface area contributed by atoms with Crippen molar-refractivity contribution in [1.82, 2.24) is 19.1 Å². The van der Waals surface area contributed by atoms with Gasteiger partial charge in [-0.1, -0.05) is 18.9 Å². The second kappa shape index (κ2) is 7.17. The summed E-state index contributed by atoms with van der Waals surface area (Å²) in [5, 5.41) is 13.9. The number of likely N-dealkylation sites (tertiary alicyclic amines) is 1. The van der Waals surface area contributed by atoms with Gasteiger partial charge in [-0.25, -0.2) is 9.48 Å². The average molecular weight is 367 g/mol. The third-order valence-corrected chi connectivity index (χ3v) is 5.56. The highest BCUT2D eigenvalue weighted by molar-refractivity contribution is 5.85. The van der Waals surface area contributed by atoms with E-state index in [2.05, 4.69) is 10.00 Å². The molecule has 1 aliphatic carbocycles. The largest absolute Gasteiger partial charge is 0.480 e. The van der Waals surface area contributed by atoms with Gasteiger partial charge in [0.1, 0.15) is 6.04 Å². The number of carboxylic acid groups (broad SMARTS) is 1. The van der Waals surface area contributed by atoms with Crippen molar-refractivity contribution in [3.63, 3.8) is 0 Å². The molecule has 25 heavy (non-hydrogen) atoms. The van der Waals surface area contributed by atoms with Crippen molar-refractivity contribution in [2.24, 2.45) is 5.92 Å². The Kier molecular flexibility index (Phi) is 5.15. The van der Waals surface area contributed by atoms with Crippen molar-refractivity contribution in [2.45, 2.75) is 50.7 Å². The normalized spacial score (nSPS) is 26.3. The monoisotopic (exact) mass is 366 g/mol. The van der Waals surface area contributed by atoms with Crippen LogP contribution >= 0.6 is 12.4 Å². The first-order valence-corrected chi connectivity index (χ1v) is 8.68. The Bertz CT molecular complexity index is 818. The summed E-state index contributed by atoms with van der Waals surface area (Å²) >= 11 is 0. The minimum absolute atomic E-state index is 0. The molecule has 1 saturated heterocycles. The molecule has 0 radical (unpaired) electrons. The summed E-state index contributed by atoms with van der Waals surface area (Å²) in [7, 11) is 0. The maximum Gasteiger partial charge on any atom is 0.350 e. The van der Waals surface area contributed by atoms with Crippen molar-refractivity contribution < 1.29 is 9.90 Å². The summed E-state index contributed by atoms with van der Waals surface area (Å²) in [5.74, 6) is -0.260. The lowest BCUT2D eigenvalue weighted by molar-refractivity contribution is -0.142. The maximum atomic E-state index is 12.4. The van der Waals surface area contributed by atoms with Crippen LogP contribution in [0.5, 0.6) is 0 Å². The zero-order valence-corrected chi connectivity index (χ0v) is 14.8. The summed E-state index contributed by atoms with van der Waals surface area (Å²) in [6, 6.07) is 5.36. The maximum absolute atomic E-state index is 12.4. The Balaban J connectivity index is 0.00000182. The lowest BCUT2D eigenvalue weighted by atomic mass is 9.85. The molecule has 0 aromatic carbocycles. The predicted molar refractivity (Wildman–Crippen MR) is 95.2 cm³/mol. The molecule has 0 spiro atoms. The molecule has 0 amide bonds. The molecule has 3 unspecified atom stereocenters. The summed E-state index contributed by atoms with van der Waals surface area (Å²) in [4.78, 5) is 26.1. The van der Waals surface area contributed by atoms with E-state index in [0.717, 1.165) is 25.7 Å². The fourth-order valence-electron chi connectivity index (χ4n) is 4.44. The number of aromatic nitrogens is 3. The van der Waals surface area contributed by atoms with Crippen LogP contribution in [0.3, 0.4) is 0 Å². The summed E-state index contributed by atoms with van der Waals surface area (Å²) < 4.78 is 2.96. The number of halogens is 1. The molecule has 1 saturated carbocycles.